The number of benzene rings is 1. The number of carbonyl (C=O) groups excluding carboxylic acids is 1. The first kappa shape index (κ1) is 18.9. The minimum absolute atomic E-state index is 0.117. The number of nitrogens with zero attached hydrogens (tertiary/aromatic N) is 2. The van der Waals surface area contributed by atoms with E-state index < -0.39 is 5.91 Å². The Morgan fingerprint density at radius 3 is 2.77 bits per heavy atom. The van der Waals surface area contributed by atoms with Gasteiger partial charge in [0.1, 0.15) is 5.69 Å². The third kappa shape index (κ3) is 3.63. The van der Waals surface area contributed by atoms with E-state index >= 15 is 0 Å². The number of rotatable bonds is 5. The van der Waals surface area contributed by atoms with E-state index in [-0.39, 0.29) is 11.7 Å². The zero-order chi connectivity index (χ0) is 18.8. The molecule has 1 aliphatic carbocycles. The summed E-state index contributed by atoms with van der Waals surface area (Å²) in [6.07, 6.45) is 3.18. The van der Waals surface area contributed by atoms with Gasteiger partial charge in [-0.15, -0.1) is 0 Å². The van der Waals surface area contributed by atoms with Crippen molar-refractivity contribution >= 4 is 35.1 Å². The highest BCUT2D eigenvalue weighted by Gasteiger charge is 2.28. The van der Waals surface area contributed by atoms with E-state index in [1.165, 1.54) is 0 Å². The van der Waals surface area contributed by atoms with Crippen LogP contribution in [-0.2, 0) is 0 Å². The first-order valence-electron chi connectivity index (χ1n) is 8.51. The molecule has 5 N–H and O–H groups in total. The van der Waals surface area contributed by atoms with Crippen molar-refractivity contribution in [1.82, 2.24) is 9.97 Å². The second-order valence-electron chi connectivity index (χ2n) is 6.50. The number of nitrogens with one attached hydrogen (secondary N) is 1. The van der Waals surface area contributed by atoms with Gasteiger partial charge in [-0.2, -0.15) is 0 Å². The summed E-state index contributed by atoms with van der Waals surface area (Å²) < 4.78 is 0. The molecule has 0 bridgehead atoms. The Balaban J connectivity index is 2.04. The molecule has 1 fully saturated rings. The first-order valence-corrected chi connectivity index (χ1v) is 9.27. The van der Waals surface area contributed by atoms with Crippen LogP contribution < -0.4 is 16.8 Å². The maximum Gasteiger partial charge on any atom is 0.268 e. The molecule has 1 aromatic heterocycles. The third-order valence-electron chi connectivity index (χ3n) is 4.82. The van der Waals surface area contributed by atoms with E-state index in [1.54, 1.807) is 25.1 Å². The van der Waals surface area contributed by atoms with Gasteiger partial charge in [-0.05, 0) is 38.3 Å². The average Bonchev–Trinajstić information content (AvgIpc) is 3.04. The van der Waals surface area contributed by atoms with Crippen LogP contribution in [0.4, 0.5) is 5.95 Å². The number of aromatic nitrogens is 2. The lowest BCUT2D eigenvalue weighted by Gasteiger charge is -2.21. The highest BCUT2D eigenvalue weighted by atomic mass is 35.5. The number of aryl methyl sites for hydroxylation is 1. The van der Waals surface area contributed by atoms with Crippen molar-refractivity contribution in [2.75, 3.05) is 11.9 Å². The summed E-state index contributed by atoms with van der Waals surface area (Å²) in [4.78, 5) is 21.0. The standard InChI is InChI=1S/C18H21Cl2N5O/c1-9-14(11-5-3-6-12(19)15(11)20)16(17(22)26)25-18(23-9)24-13-7-2-4-10(13)8-21/h3,5-6,10,13H,2,4,7-8,21H2,1H3,(H2,22,26)(H,23,24,25). The largest absolute Gasteiger partial charge is 0.364 e. The second kappa shape index (κ2) is 7.78. The van der Waals surface area contributed by atoms with Gasteiger partial charge in [0, 0.05) is 17.2 Å². The lowest BCUT2D eigenvalue weighted by Crippen LogP contribution is -2.30. The van der Waals surface area contributed by atoms with Crippen LogP contribution in [0, 0.1) is 12.8 Å². The van der Waals surface area contributed by atoms with Crippen molar-refractivity contribution in [2.45, 2.75) is 32.2 Å². The molecule has 1 aliphatic rings. The lowest BCUT2D eigenvalue weighted by molar-refractivity contribution is 0.0996. The quantitative estimate of drug-likeness (QED) is 0.721. The van der Waals surface area contributed by atoms with Gasteiger partial charge in [0.25, 0.3) is 5.91 Å². The molecule has 1 saturated carbocycles. The van der Waals surface area contributed by atoms with Crippen molar-refractivity contribution in [3.63, 3.8) is 0 Å². The highest BCUT2D eigenvalue weighted by molar-refractivity contribution is 6.43. The molecule has 6 nitrogen and oxygen atoms in total. The fourth-order valence-corrected chi connectivity index (χ4v) is 3.90. The lowest BCUT2D eigenvalue weighted by atomic mass is 10.0. The predicted octanol–water partition coefficient (Wildman–Crippen LogP) is 3.40. The number of hydrogen-bond acceptors (Lipinski definition) is 5. The molecule has 138 valence electrons. The summed E-state index contributed by atoms with van der Waals surface area (Å²) in [6, 6.07) is 5.39. The molecule has 1 aromatic carbocycles. The number of nitrogens with two attached hydrogens (primary N) is 2. The van der Waals surface area contributed by atoms with Gasteiger partial charge in [0.15, 0.2) is 0 Å². The minimum atomic E-state index is -0.647. The maximum absolute atomic E-state index is 12.1. The van der Waals surface area contributed by atoms with Crippen molar-refractivity contribution in [2.24, 2.45) is 17.4 Å². The molecule has 2 aromatic rings. The Kier molecular flexibility index (Phi) is 5.65. The van der Waals surface area contributed by atoms with Crippen molar-refractivity contribution in [3.8, 4) is 11.1 Å². The number of halogens is 2. The molecule has 0 spiro atoms. The van der Waals surface area contributed by atoms with E-state index in [4.69, 9.17) is 34.7 Å². The van der Waals surface area contributed by atoms with E-state index in [2.05, 4.69) is 15.3 Å². The normalized spacial score (nSPS) is 19.5. The van der Waals surface area contributed by atoms with Crippen LogP contribution in [0.3, 0.4) is 0 Å². The van der Waals surface area contributed by atoms with E-state index in [0.717, 1.165) is 19.3 Å². The zero-order valence-corrected chi connectivity index (χ0v) is 15.9. The molecule has 1 amide bonds. The van der Waals surface area contributed by atoms with Crippen molar-refractivity contribution in [3.05, 3.63) is 39.6 Å². The van der Waals surface area contributed by atoms with Crippen LogP contribution in [0.2, 0.25) is 10.0 Å². The molecule has 2 atom stereocenters. The Bertz CT molecular complexity index is 843. The van der Waals surface area contributed by atoms with Crippen LogP contribution in [0.1, 0.15) is 35.4 Å². The summed E-state index contributed by atoms with van der Waals surface area (Å²) in [7, 11) is 0. The van der Waals surface area contributed by atoms with Gasteiger partial charge in [-0.25, -0.2) is 9.97 Å². The smallest absolute Gasteiger partial charge is 0.268 e. The summed E-state index contributed by atoms with van der Waals surface area (Å²) in [6.45, 7) is 2.40. The molecule has 26 heavy (non-hydrogen) atoms. The number of primary amides is 1. The third-order valence-corrected chi connectivity index (χ3v) is 5.64. The van der Waals surface area contributed by atoms with Crippen molar-refractivity contribution < 1.29 is 4.79 Å². The molecule has 8 heteroatoms. The fourth-order valence-electron chi connectivity index (χ4n) is 3.51. The van der Waals surface area contributed by atoms with Crippen LogP contribution in [0.25, 0.3) is 11.1 Å². The van der Waals surface area contributed by atoms with Crippen LogP contribution in [0.5, 0.6) is 0 Å². The molecular formula is C18H21Cl2N5O. The van der Waals surface area contributed by atoms with Crippen LogP contribution in [0.15, 0.2) is 18.2 Å². The Morgan fingerprint density at radius 2 is 2.08 bits per heavy atom. The predicted molar refractivity (Wildman–Crippen MR) is 105 cm³/mol. The molecule has 2 unspecified atom stereocenters. The average molecular weight is 394 g/mol. The topological polar surface area (TPSA) is 107 Å². The monoisotopic (exact) mass is 393 g/mol. The van der Waals surface area contributed by atoms with Crippen LogP contribution >= 0.6 is 23.2 Å². The van der Waals surface area contributed by atoms with E-state index in [0.29, 0.717) is 45.3 Å². The molecule has 0 aliphatic heterocycles. The van der Waals surface area contributed by atoms with Gasteiger partial charge in [0.05, 0.1) is 15.7 Å². The summed E-state index contributed by atoms with van der Waals surface area (Å²) in [5.41, 5.74) is 13.2. The number of anilines is 1. The second-order valence-corrected chi connectivity index (χ2v) is 7.28. The van der Waals surface area contributed by atoms with E-state index in [9.17, 15) is 4.79 Å². The molecule has 0 radical (unpaired) electrons. The first-order chi connectivity index (χ1) is 12.4. The molecular weight excluding hydrogens is 373 g/mol. The Labute approximate surface area is 162 Å². The van der Waals surface area contributed by atoms with Gasteiger partial charge in [-0.1, -0.05) is 41.8 Å². The molecule has 0 saturated heterocycles. The minimum Gasteiger partial charge on any atom is -0.364 e. The summed E-state index contributed by atoms with van der Waals surface area (Å²) in [5, 5.41) is 4.04. The molecule has 1 heterocycles. The van der Waals surface area contributed by atoms with Gasteiger partial charge in [0.2, 0.25) is 5.95 Å². The Hall–Kier alpha value is -1.89. The van der Waals surface area contributed by atoms with Crippen LogP contribution in [-0.4, -0.2) is 28.5 Å². The van der Waals surface area contributed by atoms with Gasteiger partial charge in [-0.3, -0.25) is 4.79 Å². The van der Waals surface area contributed by atoms with Crippen molar-refractivity contribution in [1.29, 1.82) is 0 Å². The highest BCUT2D eigenvalue weighted by Crippen LogP contribution is 2.36. The van der Waals surface area contributed by atoms with E-state index in [1.807, 2.05) is 0 Å². The summed E-state index contributed by atoms with van der Waals surface area (Å²) >= 11 is 12.4. The summed E-state index contributed by atoms with van der Waals surface area (Å²) in [5.74, 6) is 0.105. The molecule has 3 rings (SSSR count). The van der Waals surface area contributed by atoms with Gasteiger partial charge < -0.3 is 16.8 Å². The number of hydrogen-bond donors (Lipinski definition) is 3. The Morgan fingerprint density at radius 1 is 1.31 bits per heavy atom. The maximum atomic E-state index is 12.1. The number of amides is 1. The SMILES string of the molecule is Cc1nc(NC2CCCC2CN)nc(C(N)=O)c1-c1cccc(Cl)c1Cl. The zero-order valence-electron chi connectivity index (χ0n) is 14.4. The van der Waals surface area contributed by atoms with Gasteiger partial charge >= 0.3 is 0 Å². The number of carbonyl (C=O) groups is 1. The fraction of sp³-hybridized carbons (Fsp3) is 0.389.